The lowest BCUT2D eigenvalue weighted by atomic mass is 9.93. The van der Waals surface area contributed by atoms with E-state index in [0.29, 0.717) is 12.2 Å². The van der Waals surface area contributed by atoms with Crippen molar-refractivity contribution in [1.82, 2.24) is 20.8 Å². The Morgan fingerprint density at radius 3 is 2.62 bits per heavy atom. The van der Waals surface area contributed by atoms with Crippen LogP contribution in [0.4, 0.5) is 0 Å². The van der Waals surface area contributed by atoms with Gasteiger partial charge in [-0.05, 0) is 18.9 Å². The first-order valence-electron chi connectivity index (χ1n) is 8.27. The molecule has 1 aromatic heterocycles. The number of carbonyl (C=O) groups is 2. The maximum atomic E-state index is 12.2. The molecule has 0 radical (unpaired) electrons. The number of nitrogens with zero attached hydrogens (tertiary/aromatic N) is 1. The Morgan fingerprint density at radius 1 is 1.25 bits per heavy atom. The molecule has 2 aromatic rings. The molecule has 0 aliphatic rings. The summed E-state index contributed by atoms with van der Waals surface area (Å²) in [6.45, 7) is 4.65. The molecule has 130 valence electrons. The van der Waals surface area contributed by atoms with E-state index in [9.17, 15) is 9.59 Å². The van der Waals surface area contributed by atoms with Crippen LogP contribution in [0.15, 0.2) is 24.3 Å². The summed E-state index contributed by atoms with van der Waals surface area (Å²) in [5, 5.41) is 13.3. The van der Waals surface area contributed by atoms with Crippen molar-refractivity contribution < 1.29 is 9.59 Å². The number of rotatable bonds is 8. The summed E-state index contributed by atoms with van der Waals surface area (Å²) < 4.78 is 0. The van der Waals surface area contributed by atoms with E-state index in [2.05, 4.69) is 20.8 Å². The number of nitrogens with one attached hydrogen (secondary N) is 3. The van der Waals surface area contributed by atoms with Crippen molar-refractivity contribution in [1.29, 1.82) is 0 Å². The van der Waals surface area contributed by atoms with Gasteiger partial charge in [-0.15, -0.1) is 0 Å². The van der Waals surface area contributed by atoms with Crippen LogP contribution >= 0.6 is 0 Å². The second-order valence-corrected chi connectivity index (χ2v) is 5.86. The highest BCUT2D eigenvalue weighted by atomic mass is 16.2. The predicted octanol–water partition coefficient (Wildman–Crippen LogP) is 1.32. The van der Waals surface area contributed by atoms with Crippen molar-refractivity contribution >= 4 is 22.7 Å². The first-order valence-corrected chi connectivity index (χ1v) is 8.27. The van der Waals surface area contributed by atoms with Crippen molar-refractivity contribution in [2.45, 2.75) is 38.6 Å². The van der Waals surface area contributed by atoms with Crippen LogP contribution in [0.2, 0.25) is 0 Å². The van der Waals surface area contributed by atoms with Crippen LogP contribution in [-0.4, -0.2) is 40.6 Å². The minimum absolute atomic E-state index is 0.115. The first kappa shape index (κ1) is 17.9. The Kier molecular flexibility index (Phi) is 5.92. The van der Waals surface area contributed by atoms with E-state index < -0.39 is 0 Å². The van der Waals surface area contributed by atoms with Gasteiger partial charge < -0.3 is 16.4 Å². The minimum Gasteiger partial charge on any atom is -0.350 e. The molecule has 2 amide bonds. The first-order chi connectivity index (χ1) is 11.5. The van der Waals surface area contributed by atoms with Crippen molar-refractivity contribution in [3.63, 3.8) is 0 Å². The highest BCUT2D eigenvalue weighted by Crippen LogP contribution is 2.15. The molecular formula is C17H25N5O2. The molecule has 0 aliphatic carbocycles. The molecule has 24 heavy (non-hydrogen) atoms. The molecule has 0 fully saturated rings. The van der Waals surface area contributed by atoms with Gasteiger partial charge in [0.25, 0.3) is 5.91 Å². The molecule has 0 bridgehead atoms. The quantitative estimate of drug-likeness (QED) is 0.584. The molecule has 2 rings (SSSR count). The van der Waals surface area contributed by atoms with Gasteiger partial charge in [0, 0.05) is 24.9 Å². The zero-order valence-electron chi connectivity index (χ0n) is 14.2. The highest BCUT2D eigenvalue weighted by molar-refractivity contribution is 6.04. The summed E-state index contributed by atoms with van der Waals surface area (Å²) in [5.41, 5.74) is 6.56. The van der Waals surface area contributed by atoms with Gasteiger partial charge in [-0.1, -0.05) is 32.0 Å². The Bertz CT molecular complexity index is 698. The number of amides is 2. The van der Waals surface area contributed by atoms with Gasteiger partial charge in [-0.3, -0.25) is 14.7 Å². The lowest BCUT2D eigenvalue weighted by molar-refractivity contribution is -0.122. The van der Waals surface area contributed by atoms with E-state index >= 15 is 0 Å². The zero-order valence-corrected chi connectivity index (χ0v) is 14.2. The van der Waals surface area contributed by atoms with Crippen LogP contribution in [0.5, 0.6) is 0 Å². The molecule has 1 aromatic carbocycles. The summed E-state index contributed by atoms with van der Waals surface area (Å²) in [6, 6.07) is 7.41. The zero-order chi connectivity index (χ0) is 17.6. The number of benzene rings is 1. The predicted molar refractivity (Wildman–Crippen MR) is 93.6 cm³/mol. The molecule has 0 saturated carbocycles. The fourth-order valence-corrected chi connectivity index (χ4v) is 2.63. The van der Waals surface area contributed by atoms with Crippen LogP contribution in [0.3, 0.4) is 0 Å². The van der Waals surface area contributed by atoms with E-state index in [1.54, 1.807) is 0 Å². The van der Waals surface area contributed by atoms with Crippen molar-refractivity contribution in [2.24, 2.45) is 5.73 Å². The van der Waals surface area contributed by atoms with Crippen LogP contribution in [0, 0.1) is 0 Å². The van der Waals surface area contributed by atoms with Crippen LogP contribution in [0.1, 0.15) is 43.6 Å². The van der Waals surface area contributed by atoms with Crippen molar-refractivity contribution in [3.8, 4) is 0 Å². The lowest BCUT2D eigenvalue weighted by Crippen LogP contribution is -2.53. The van der Waals surface area contributed by atoms with Crippen LogP contribution in [-0.2, 0) is 4.79 Å². The largest absolute Gasteiger partial charge is 0.350 e. The van der Waals surface area contributed by atoms with Gasteiger partial charge in [-0.25, -0.2) is 0 Å². The Balaban J connectivity index is 1.87. The van der Waals surface area contributed by atoms with E-state index in [4.69, 9.17) is 5.73 Å². The van der Waals surface area contributed by atoms with Crippen LogP contribution in [0.25, 0.3) is 10.9 Å². The van der Waals surface area contributed by atoms with Gasteiger partial charge in [0.1, 0.15) is 0 Å². The van der Waals surface area contributed by atoms with Crippen molar-refractivity contribution in [2.75, 3.05) is 13.1 Å². The smallest absolute Gasteiger partial charge is 0.272 e. The number of carbonyl (C=O) groups excluding carboxylic acids is 2. The van der Waals surface area contributed by atoms with Gasteiger partial charge in [0.15, 0.2) is 5.69 Å². The van der Waals surface area contributed by atoms with Gasteiger partial charge in [-0.2, -0.15) is 5.10 Å². The number of fused-ring (bicyclic) bond motifs is 1. The molecule has 0 saturated heterocycles. The number of para-hydroxylation sites is 1. The average Bonchev–Trinajstić information content (AvgIpc) is 3.04. The third-order valence-corrected chi connectivity index (χ3v) is 4.47. The standard InChI is InChI=1S/C17H25N5O2/c1-3-17(4-2,11-18)20-14(23)9-10-19-16(24)15-12-7-5-6-8-13(12)21-22-15/h5-8H,3-4,9-11,18H2,1-2H3,(H,19,24)(H,20,23)(H,21,22). The normalized spacial score (nSPS) is 11.5. The number of hydrogen-bond donors (Lipinski definition) is 4. The van der Waals surface area contributed by atoms with E-state index in [1.165, 1.54) is 0 Å². The molecule has 0 aliphatic heterocycles. The lowest BCUT2D eigenvalue weighted by Gasteiger charge is -2.31. The number of H-pyrrole nitrogens is 1. The molecule has 0 unspecified atom stereocenters. The average molecular weight is 331 g/mol. The Labute approximate surface area is 141 Å². The maximum Gasteiger partial charge on any atom is 0.272 e. The molecule has 5 N–H and O–H groups in total. The number of hydrogen-bond acceptors (Lipinski definition) is 4. The molecule has 0 atom stereocenters. The monoisotopic (exact) mass is 331 g/mol. The summed E-state index contributed by atoms with van der Waals surface area (Å²) >= 11 is 0. The Morgan fingerprint density at radius 2 is 1.96 bits per heavy atom. The molecular weight excluding hydrogens is 306 g/mol. The van der Waals surface area contributed by atoms with E-state index in [-0.39, 0.29) is 30.3 Å². The Hall–Kier alpha value is -2.41. The number of nitrogens with two attached hydrogens (primary N) is 1. The van der Waals surface area contributed by atoms with Crippen molar-refractivity contribution in [3.05, 3.63) is 30.0 Å². The third-order valence-electron chi connectivity index (χ3n) is 4.47. The summed E-state index contributed by atoms with van der Waals surface area (Å²) in [4.78, 5) is 24.3. The van der Waals surface area contributed by atoms with Gasteiger partial charge >= 0.3 is 0 Å². The summed E-state index contributed by atoms with van der Waals surface area (Å²) in [7, 11) is 0. The number of aromatic amines is 1. The van der Waals surface area contributed by atoms with Gasteiger partial charge in [0.2, 0.25) is 5.91 Å². The summed E-state index contributed by atoms with van der Waals surface area (Å²) in [5.74, 6) is -0.410. The fourth-order valence-electron chi connectivity index (χ4n) is 2.63. The minimum atomic E-state index is -0.362. The SMILES string of the molecule is CCC(CC)(CN)NC(=O)CCNC(=O)c1n[nH]c2ccccc12. The maximum absolute atomic E-state index is 12.2. The van der Waals surface area contributed by atoms with Gasteiger partial charge in [0.05, 0.1) is 11.1 Å². The third kappa shape index (κ3) is 3.91. The molecule has 7 nitrogen and oxygen atoms in total. The number of aromatic nitrogens is 2. The molecule has 7 heteroatoms. The highest BCUT2D eigenvalue weighted by Gasteiger charge is 2.26. The van der Waals surface area contributed by atoms with E-state index in [0.717, 1.165) is 23.7 Å². The second-order valence-electron chi connectivity index (χ2n) is 5.86. The molecule has 0 spiro atoms. The molecule has 1 heterocycles. The van der Waals surface area contributed by atoms with E-state index in [1.807, 2.05) is 38.1 Å². The van der Waals surface area contributed by atoms with Crippen LogP contribution < -0.4 is 16.4 Å². The second kappa shape index (κ2) is 7.92. The summed E-state index contributed by atoms with van der Waals surface area (Å²) in [6.07, 6.45) is 1.75. The fraction of sp³-hybridized carbons (Fsp3) is 0.471. The topological polar surface area (TPSA) is 113 Å².